The standard InChI is InChI=1S/C24H15N3O4S/c28-17-9-6-14(7-10-17)12-19-22(29)27(21(25-19)15-4-2-1-3-5-15)24-26-18-11-8-16(23(30)31)13-20(18)32-24/h1-13,28H,(H,30,31). The Morgan fingerprint density at radius 1 is 1.00 bits per heavy atom. The van der Waals surface area contributed by atoms with Crippen molar-refractivity contribution in [3.8, 4) is 5.75 Å². The fourth-order valence-corrected chi connectivity index (χ4v) is 4.35. The maximum Gasteiger partial charge on any atom is 0.335 e. The van der Waals surface area contributed by atoms with Gasteiger partial charge in [-0.05, 0) is 42.0 Å². The van der Waals surface area contributed by atoms with Crippen LogP contribution in [0.3, 0.4) is 0 Å². The number of carbonyl (C=O) groups excluding carboxylic acids is 1. The van der Waals surface area contributed by atoms with Gasteiger partial charge >= 0.3 is 5.97 Å². The van der Waals surface area contributed by atoms with Gasteiger partial charge in [0.15, 0.2) is 5.13 Å². The Labute approximate surface area is 186 Å². The van der Waals surface area contributed by atoms with Crippen molar-refractivity contribution >= 4 is 50.5 Å². The highest BCUT2D eigenvalue weighted by Gasteiger charge is 2.34. The number of nitrogens with zero attached hydrogens (tertiary/aromatic N) is 3. The molecule has 0 spiro atoms. The van der Waals surface area contributed by atoms with Gasteiger partial charge in [0.1, 0.15) is 17.3 Å². The van der Waals surface area contributed by atoms with Gasteiger partial charge in [-0.25, -0.2) is 19.7 Å². The van der Waals surface area contributed by atoms with E-state index in [9.17, 15) is 19.8 Å². The number of amides is 1. The summed E-state index contributed by atoms with van der Waals surface area (Å²) in [6, 6.07) is 20.5. The second kappa shape index (κ2) is 7.75. The van der Waals surface area contributed by atoms with E-state index >= 15 is 0 Å². The molecule has 156 valence electrons. The molecule has 5 rings (SSSR count). The van der Waals surface area contributed by atoms with Gasteiger partial charge in [-0.2, -0.15) is 0 Å². The van der Waals surface area contributed by atoms with Crippen LogP contribution in [0.15, 0.2) is 83.5 Å². The number of benzene rings is 3. The topological polar surface area (TPSA) is 103 Å². The first-order chi connectivity index (χ1) is 15.5. The molecule has 0 unspecified atom stereocenters. The number of phenols is 1. The van der Waals surface area contributed by atoms with E-state index < -0.39 is 5.97 Å². The second-order valence-corrected chi connectivity index (χ2v) is 8.06. The third-order valence-electron chi connectivity index (χ3n) is 4.90. The number of carboxylic acids is 1. The van der Waals surface area contributed by atoms with Crippen molar-refractivity contribution in [3.63, 3.8) is 0 Å². The maximum absolute atomic E-state index is 13.4. The van der Waals surface area contributed by atoms with E-state index in [0.29, 0.717) is 21.2 Å². The summed E-state index contributed by atoms with van der Waals surface area (Å²) in [5.74, 6) is -0.785. The van der Waals surface area contributed by atoms with Crippen LogP contribution < -0.4 is 4.90 Å². The summed E-state index contributed by atoms with van der Waals surface area (Å²) in [6.07, 6.45) is 1.65. The van der Waals surface area contributed by atoms with Crippen LogP contribution in [0.5, 0.6) is 5.75 Å². The van der Waals surface area contributed by atoms with Crippen molar-refractivity contribution in [1.29, 1.82) is 0 Å². The van der Waals surface area contributed by atoms with Gasteiger partial charge in [0.05, 0.1) is 15.8 Å². The molecule has 0 aliphatic carbocycles. The molecule has 1 aliphatic heterocycles. The predicted octanol–water partition coefficient (Wildman–Crippen LogP) is 4.53. The van der Waals surface area contributed by atoms with Gasteiger partial charge < -0.3 is 10.2 Å². The molecule has 0 bridgehead atoms. The number of aliphatic imine (C=N–C) groups is 1. The van der Waals surface area contributed by atoms with Gasteiger partial charge in [-0.15, -0.1) is 0 Å². The van der Waals surface area contributed by atoms with Crippen LogP contribution in [0.4, 0.5) is 5.13 Å². The molecule has 32 heavy (non-hydrogen) atoms. The van der Waals surface area contributed by atoms with Crippen LogP contribution in [-0.2, 0) is 4.79 Å². The first-order valence-corrected chi connectivity index (χ1v) is 10.4. The van der Waals surface area contributed by atoms with Gasteiger partial charge in [0.2, 0.25) is 0 Å². The molecule has 1 amide bonds. The van der Waals surface area contributed by atoms with Crippen LogP contribution >= 0.6 is 11.3 Å². The summed E-state index contributed by atoms with van der Waals surface area (Å²) in [4.78, 5) is 35.3. The minimum absolute atomic E-state index is 0.134. The molecule has 0 fully saturated rings. The lowest BCUT2D eigenvalue weighted by Gasteiger charge is -2.14. The van der Waals surface area contributed by atoms with Crippen LogP contribution in [0.2, 0.25) is 0 Å². The number of carboxylic acid groups (broad SMARTS) is 1. The van der Waals surface area contributed by atoms with Crippen molar-refractivity contribution in [2.75, 3.05) is 4.90 Å². The number of aromatic hydroxyl groups is 1. The monoisotopic (exact) mass is 441 g/mol. The molecule has 7 nitrogen and oxygen atoms in total. The summed E-state index contributed by atoms with van der Waals surface area (Å²) < 4.78 is 0.663. The predicted molar refractivity (Wildman–Crippen MR) is 123 cm³/mol. The number of phenolic OH excluding ortho intramolecular Hbond substituents is 1. The zero-order chi connectivity index (χ0) is 22.2. The molecule has 8 heteroatoms. The number of hydrogen-bond donors (Lipinski definition) is 2. The van der Waals surface area contributed by atoms with E-state index in [2.05, 4.69) is 9.98 Å². The van der Waals surface area contributed by atoms with Crippen LogP contribution in [0.25, 0.3) is 16.3 Å². The number of rotatable bonds is 4. The average Bonchev–Trinajstić information content (AvgIpc) is 3.36. The van der Waals surface area contributed by atoms with E-state index in [1.54, 1.807) is 42.5 Å². The summed E-state index contributed by atoms with van der Waals surface area (Å²) in [6.45, 7) is 0. The third-order valence-corrected chi connectivity index (χ3v) is 5.91. The Morgan fingerprint density at radius 3 is 2.47 bits per heavy atom. The highest BCUT2D eigenvalue weighted by Crippen LogP contribution is 2.34. The number of hydrogen-bond acceptors (Lipinski definition) is 6. The molecule has 3 aromatic carbocycles. The normalized spacial score (nSPS) is 14.9. The fraction of sp³-hybridized carbons (Fsp3) is 0. The minimum atomic E-state index is -1.02. The van der Waals surface area contributed by atoms with Crippen molar-refractivity contribution in [2.24, 2.45) is 4.99 Å². The summed E-state index contributed by atoms with van der Waals surface area (Å²) >= 11 is 1.23. The van der Waals surface area contributed by atoms with Crippen molar-refractivity contribution in [2.45, 2.75) is 0 Å². The van der Waals surface area contributed by atoms with Gasteiger partial charge in [-0.1, -0.05) is 53.8 Å². The van der Waals surface area contributed by atoms with Crippen LogP contribution in [0.1, 0.15) is 21.5 Å². The number of amidine groups is 1. The van der Waals surface area contributed by atoms with E-state index in [0.717, 1.165) is 11.1 Å². The van der Waals surface area contributed by atoms with E-state index in [-0.39, 0.29) is 22.9 Å². The Balaban J connectivity index is 1.62. The number of fused-ring (bicyclic) bond motifs is 1. The molecule has 0 radical (unpaired) electrons. The molecule has 2 heterocycles. The molecule has 0 atom stereocenters. The highest BCUT2D eigenvalue weighted by atomic mass is 32.1. The van der Waals surface area contributed by atoms with Gasteiger partial charge in [0.25, 0.3) is 5.91 Å². The molecule has 0 saturated heterocycles. The zero-order valence-electron chi connectivity index (χ0n) is 16.5. The molecule has 4 aromatic rings. The van der Waals surface area contributed by atoms with Gasteiger partial charge in [0, 0.05) is 5.56 Å². The summed E-state index contributed by atoms with van der Waals surface area (Å²) in [7, 11) is 0. The first-order valence-electron chi connectivity index (χ1n) is 9.63. The Kier molecular flexibility index (Phi) is 4.76. The quantitative estimate of drug-likeness (QED) is 0.453. The Morgan fingerprint density at radius 2 is 1.75 bits per heavy atom. The highest BCUT2D eigenvalue weighted by molar-refractivity contribution is 7.22. The number of anilines is 1. The van der Waals surface area contributed by atoms with Crippen LogP contribution in [0, 0.1) is 0 Å². The SMILES string of the molecule is O=C(O)c1ccc2nc(N3C(=O)C(=Cc4ccc(O)cc4)N=C3c3ccccc3)sc2c1. The van der Waals surface area contributed by atoms with Crippen molar-refractivity contribution < 1.29 is 19.8 Å². The number of aromatic nitrogens is 1. The lowest BCUT2D eigenvalue weighted by molar-refractivity contribution is -0.113. The van der Waals surface area contributed by atoms with E-state index in [1.807, 2.05) is 30.3 Å². The number of carbonyl (C=O) groups is 2. The lowest BCUT2D eigenvalue weighted by atomic mass is 10.2. The molecule has 1 aliphatic rings. The lowest BCUT2D eigenvalue weighted by Crippen LogP contribution is -2.32. The Bertz CT molecular complexity index is 1420. The zero-order valence-corrected chi connectivity index (χ0v) is 17.3. The average molecular weight is 441 g/mol. The van der Waals surface area contributed by atoms with Crippen LogP contribution in [-0.4, -0.2) is 32.9 Å². The Hall–Kier alpha value is -4.30. The van der Waals surface area contributed by atoms with Crippen molar-refractivity contribution in [1.82, 2.24) is 4.98 Å². The second-order valence-electron chi connectivity index (χ2n) is 7.05. The minimum Gasteiger partial charge on any atom is -0.508 e. The molecule has 0 saturated carbocycles. The molecule has 2 N–H and O–H groups in total. The summed E-state index contributed by atoms with van der Waals surface area (Å²) in [5, 5.41) is 19.2. The third kappa shape index (κ3) is 3.52. The molecule has 1 aromatic heterocycles. The molecular formula is C24H15N3O4S. The number of aromatic carboxylic acids is 1. The first kappa shape index (κ1) is 19.7. The van der Waals surface area contributed by atoms with Gasteiger partial charge in [-0.3, -0.25) is 4.79 Å². The fourth-order valence-electron chi connectivity index (χ4n) is 3.34. The maximum atomic E-state index is 13.4. The largest absolute Gasteiger partial charge is 0.508 e. The van der Waals surface area contributed by atoms with Crippen molar-refractivity contribution in [3.05, 3.63) is 95.2 Å². The molecular weight excluding hydrogens is 426 g/mol. The number of thiazole rings is 1. The smallest absolute Gasteiger partial charge is 0.335 e. The van der Waals surface area contributed by atoms with E-state index in [4.69, 9.17) is 0 Å². The van der Waals surface area contributed by atoms with E-state index in [1.165, 1.54) is 22.3 Å². The summed E-state index contributed by atoms with van der Waals surface area (Å²) in [5.41, 5.74) is 2.47.